The maximum atomic E-state index is 12.6. The lowest BCUT2D eigenvalue weighted by Gasteiger charge is -2.39. The lowest BCUT2D eigenvalue weighted by molar-refractivity contribution is -0.0172. The quantitative estimate of drug-likeness (QED) is 0.845. The molecule has 2 aliphatic rings. The topological polar surface area (TPSA) is 68.7 Å². The van der Waals surface area contributed by atoms with Crippen LogP contribution in [0, 0.1) is 5.92 Å². The Hall–Kier alpha value is -1.66. The number of hydrogen-bond acceptors (Lipinski definition) is 4. The van der Waals surface area contributed by atoms with Gasteiger partial charge in [-0.2, -0.15) is 0 Å². The molecule has 1 aromatic rings. The van der Waals surface area contributed by atoms with Gasteiger partial charge in [-0.15, -0.1) is 0 Å². The number of amides is 2. The number of nitrogens with one attached hydrogen (secondary N) is 1. The summed E-state index contributed by atoms with van der Waals surface area (Å²) in [6.45, 7) is 8.55. The Morgan fingerprint density at radius 2 is 1.96 bits per heavy atom. The second kappa shape index (κ2) is 8.35. The van der Waals surface area contributed by atoms with E-state index in [1.165, 1.54) is 12.8 Å². The number of hydrogen-bond donors (Lipinski definition) is 2. The van der Waals surface area contributed by atoms with Crippen molar-refractivity contribution >= 4 is 6.03 Å². The lowest BCUT2D eigenvalue weighted by Crippen LogP contribution is -2.52. The summed E-state index contributed by atoms with van der Waals surface area (Å²) in [6.07, 6.45) is 7.05. The van der Waals surface area contributed by atoms with Gasteiger partial charge in [-0.3, -0.25) is 9.88 Å². The van der Waals surface area contributed by atoms with E-state index in [1.54, 1.807) is 12.4 Å². The molecule has 1 atom stereocenters. The summed E-state index contributed by atoms with van der Waals surface area (Å²) in [5.74, 6) is 0.519. The van der Waals surface area contributed by atoms with Crippen LogP contribution in [0.1, 0.15) is 45.1 Å². The Bertz CT molecular complexity index is 579. The third kappa shape index (κ3) is 4.35. The molecule has 3 heterocycles. The second-order valence-electron chi connectivity index (χ2n) is 8.00. The predicted molar refractivity (Wildman–Crippen MR) is 102 cm³/mol. The fourth-order valence-electron chi connectivity index (χ4n) is 4.17. The molecule has 0 radical (unpaired) electrons. The van der Waals surface area contributed by atoms with Crippen molar-refractivity contribution in [3.8, 4) is 0 Å². The SMILES string of the molecule is CC(C)[C@H](CNC(=O)N1CCC(O)(c2cccnc2)CC1)N1CCCC1. The third-order valence-electron chi connectivity index (χ3n) is 5.92. The van der Waals surface area contributed by atoms with Crippen LogP contribution in [0.15, 0.2) is 24.5 Å². The molecular weight excluding hydrogens is 328 g/mol. The van der Waals surface area contributed by atoms with Crippen molar-refractivity contribution in [3.05, 3.63) is 30.1 Å². The van der Waals surface area contributed by atoms with E-state index in [4.69, 9.17) is 0 Å². The van der Waals surface area contributed by atoms with Gasteiger partial charge in [0.15, 0.2) is 0 Å². The van der Waals surface area contributed by atoms with Crippen molar-refractivity contribution in [2.24, 2.45) is 5.92 Å². The van der Waals surface area contributed by atoms with Gasteiger partial charge in [-0.25, -0.2) is 4.79 Å². The van der Waals surface area contributed by atoms with E-state index in [-0.39, 0.29) is 6.03 Å². The fourth-order valence-corrected chi connectivity index (χ4v) is 4.17. The molecule has 2 amide bonds. The van der Waals surface area contributed by atoms with Gasteiger partial charge < -0.3 is 15.3 Å². The molecular formula is C20H32N4O2. The number of pyridine rings is 1. The normalized spacial score (nSPS) is 21.8. The van der Waals surface area contributed by atoms with E-state index in [1.807, 2.05) is 17.0 Å². The van der Waals surface area contributed by atoms with E-state index < -0.39 is 5.60 Å². The van der Waals surface area contributed by atoms with Crippen LogP contribution in [0.3, 0.4) is 0 Å². The van der Waals surface area contributed by atoms with Crippen LogP contribution in [0.2, 0.25) is 0 Å². The average molecular weight is 361 g/mol. The Kier molecular flexibility index (Phi) is 6.14. The molecule has 144 valence electrons. The average Bonchev–Trinajstić information content (AvgIpc) is 3.17. The van der Waals surface area contributed by atoms with E-state index in [0.717, 1.165) is 18.7 Å². The zero-order valence-electron chi connectivity index (χ0n) is 16.0. The summed E-state index contributed by atoms with van der Waals surface area (Å²) in [7, 11) is 0. The highest BCUT2D eigenvalue weighted by molar-refractivity contribution is 5.74. The maximum Gasteiger partial charge on any atom is 0.317 e. The monoisotopic (exact) mass is 360 g/mol. The number of carbonyl (C=O) groups excluding carboxylic acids is 1. The summed E-state index contributed by atoms with van der Waals surface area (Å²) < 4.78 is 0. The molecule has 0 unspecified atom stereocenters. The van der Waals surface area contributed by atoms with Crippen LogP contribution in [0.25, 0.3) is 0 Å². The third-order valence-corrected chi connectivity index (χ3v) is 5.92. The molecule has 26 heavy (non-hydrogen) atoms. The van der Waals surface area contributed by atoms with Crippen LogP contribution in [-0.2, 0) is 5.60 Å². The van der Waals surface area contributed by atoms with Gasteiger partial charge >= 0.3 is 6.03 Å². The molecule has 0 aromatic carbocycles. The van der Waals surface area contributed by atoms with Crippen LogP contribution >= 0.6 is 0 Å². The largest absolute Gasteiger partial charge is 0.385 e. The maximum absolute atomic E-state index is 12.6. The Morgan fingerprint density at radius 3 is 2.54 bits per heavy atom. The molecule has 0 spiro atoms. The summed E-state index contributed by atoms with van der Waals surface area (Å²) in [5.41, 5.74) is -0.0323. The van der Waals surface area contributed by atoms with Crippen molar-refractivity contribution in [1.82, 2.24) is 20.1 Å². The van der Waals surface area contributed by atoms with Gasteiger partial charge in [-0.1, -0.05) is 19.9 Å². The molecule has 1 aromatic heterocycles. The standard InChI is InChI=1S/C20H32N4O2/c1-16(2)18(23-10-3-4-11-23)15-22-19(25)24-12-7-20(26,8-13-24)17-6-5-9-21-14-17/h5-6,9,14,16,18,26H,3-4,7-8,10-13,15H2,1-2H3,(H,22,25)/t18-/m0/s1. The molecule has 0 aliphatic carbocycles. The van der Waals surface area contributed by atoms with Crippen molar-refractivity contribution in [1.29, 1.82) is 0 Å². The number of nitrogens with zero attached hydrogens (tertiary/aromatic N) is 3. The molecule has 2 saturated heterocycles. The van der Waals surface area contributed by atoms with E-state index >= 15 is 0 Å². The Balaban J connectivity index is 1.50. The number of piperidine rings is 1. The first kappa shape index (κ1) is 19.1. The molecule has 6 nitrogen and oxygen atoms in total. The van der Waals surface area contributed by atoms with Gasteiger partial charge in [0, 0.05) is 43.6 Å². The highest BCUT2D eigenvalue weighted by atomic mass is 16.3. The minimum atomic E-state index is -0.874. The molecule has 3 rings (SSSR count). The Labute approximate surface area is 156 Å². The minimum absolute atomic E-state index is 0.0110. The summed E-state index contributed by atoms with van der Waals surface area (Å²) in [6, 6.07) is 4.14. The van der Waals surface area contributed by atoms with Crippen LogP contribution in [0.4, 0.5) is 4.79 Å². The smallest absolute Gasteiger partial charge is 0.317 e. The molecule has 2 fully saturated rings. The molecule has 6 heteroatoms. The summed E-state index contributed by atoms with van der Waals surface area (Å²) in [5, 5.41) is 14.0. The van der Waals surface area contributed by atoms with Crippen LogP contribution in [-0.4, -0.2) is 64.7 Å². The first-order chi connectivity index (χ1) is 12.5. The number of rotatable bonds is 5. The van der Waals surface area contributed by atoms with Gasteiger partial charge in [0.1, 0.15) is 0 Å². The zero-order chi connectivity index (χ0) is 18.6. The molecule has 0 saturated carbocycles. The number of carbonyl (C=O) groups is 1. The summed E-state index contributed by atoms with van der Waals surface area (Å²) >= 11 is 0. The number of likely N-dealkylation sites (tertiary alicyclic amines) is 2. The van der Waals surface area contributed by atoms with Crippen LogP contribution in [0.5, 0.6) is 0 Å². The van der Waals surface area contributed by atoms with E-state index in [2.05, 4.69) is 29.0 Å². The van der Waals surface area contributed by atoms with Crippen molar-refractivity contribution < 1.29 is 9.90 Å². The van der Waals surface area contributed by atoms with Gasteiger partial charge in [0.25, 0.3) is 0 Å². The van der Waals surface area contributed by atoms with Gasteiger partial charge in [0.2, 0.25) is 0 Å². The highest BCUT2D eigenvalue weighted by Crippen LogP contribution is 2.32. The molecule has 0 bridgehead atoms. The highest BCUT2D eigenvalue weighted by Gasteiger charge is 2.36. The van der Waals surface area contributed by atoms with Crippen molar-refractivity contribution in [3.63, 3.8) is 0 Å². The van der Waals surface area contributed by atoms with Crippen molar-refractivity contribution in [2.45, 2.75) is 51.2 Å². The first-order valence-corrected chi connectivity index (χ1v) is 9.89. The minimum Gasteiger partial charge on any atom is -0.385 e. The van der Waals surface area contributed by atoms with Crippen LogP contribution < -0.4 is 5.32 Å². The zero-order valence-corrected chi connectivity index (χ0v) is 16.0. The number of aliphatic hydroxyl groups is 1. The fraction of sp³-hybridized carbons (Fsp3) is 0.700. The molecule has 2 aliphatic heterocycles. The number of aromatic nitrogens is 1. The van der Waals surface area contributed by atoms with Gasteiger partial charge in [-0.05, 0) is 50.8 Å². The number of urea groups is 1. The first-order valence-electron chi connectivity index (χ1n) is 9.89. The van der Waals surface area contributed by atoms with Gasteiger partial charge in [0.05, 0.1) is 5.60 Å². The van der Waals surface area contributed by atoms with E-state index in [0.29, 0.717) is 44.4 Å². The lowest BCUT2D eigenvalue weighted by atomic mass is 9.85. The predicted octanol–water partition coefficient (Wildman–Crippen LogP) is 2.20. The second-order valence-corrected chi connectivity index (χ2v) is 8.00. The van der Waals surface area contributed by atoms with Crippen molar-refractivity contribution in [2.75, 3.05) is 32.7 Å². The Morgan fingerprint density at radius 1 is 1.27 bits per heavy atom. The summed E-state index contributed by atoms with van der Waals surface area (Å²) in [4.78, 5) is 21.0. The van der Waals surface area contributed by atoms with E-state index in [9.17, 15) is 9.90 Å². The molecule has 2 N–H and O–H groups in total.